The smallest absolute Gasteiger partial charge is 0.278 e. The molecule has 0 N–H and O–H groups in total. The van der Waals surface area contributed by atoms with Crippen molar-refractivity contribution in [2.24, 2.45) is 4.99 Å². The Labute approximate surface area is 174 Å². The van der Waals surface area contributed by atoms with Crippen molar-refractivity contribution < 1.29 is 4.79 Å². The Balaban J connectivity index is 1.49. The molecule has 0 aliphatic carbocycles. The largest absolute Gasteiger partial charge is 0.290 e. The summed E-state index contributed by atoms with van der Waals surface area (Å²) in [5.41, 5.74) is 4.74. The van der Waals surface area contributed by atoms with Crippen LogP contribution < -0.4 is 4.90 Å². The molecule has 3 aromatic carbocycles. The van der Waals surface area contributed by atoms with Crippen molar-refractivity contribution in [1.82, 2.24) is 9.97 Å². The predicted octanol–water partition coefficient (Wildman–Crippen LogP) is 4.75. The quantitative estimate of drug-likeness (QED) is 0.506. The molecule has 0 spiro atoms. The first-order chi connectivity index (χ1) is 14.8. The van der Waals surface area contributed by atoms with E-state index in [2.05, 4.69) is 15.0 Å². The number of rotatable bonds is 3. The summed E-state index contributed by atoms with van der Waals surface area (Å²) in [7, 11) is 0. The molecule has 0 saturated carbocycles. The highest BCUT2D eigenvalue weighted by Gasteiger charge is 2.28. The lowest BCUT2D eigenvalue weighted by Crippen LogP contribution is -2.27. The summed E-state index contributed by atoms with van der Waals surface area (Å²) in [4.78, 5) is 28.0. The number of fused-ring (bicyclic) bond motifs is 1. The summed E-state index contributed by atoms with van der Waals surface area (Å²) in [6.45, 7) is 0.583. The van der Waals surface area contributed by atoms with E-state index < -0.39 is 0 Å². The molecule has 0 bridgehead atoms. The van der Waals surface area contributed by atoms with Gasteiger partial charge in [0.05, 0.1) is 6.54 Å². The molecule has 30 heavy (non-hydrogen) atoms. The van der Waals surface area contributed by atoms with Gasteiger partial charge < -0.3 is 0 Å². The number of hydrogen-bond acceptors (Lipinski definition) is 3. The SMILES string of the molecule is O=C(N=C1c2ccccc2CN1c1ncccn1)c1ccc(-c2ccccc2)cc1. The Morgan fingerprint density at radius 2 is 1.43 bits per heavy atom. The lowest BCUT2D eigenvalue weighted by Gasteiger charge is -2.16. The van der Waals surface area contributed by atoms with E-state index in [1.165, 1.54) is 0 Å². The highest BCUT2D eigenvalue weighted by atomic mass is 16.1. The fourth-order valence-electron chi connectivity index (χ4n) is 3.58. The number of hydrogen-bond donors (Lipinski definition) is 0. The zero-order valence-electron chi connectivity index (χ0n) is 16.1. The van der Waals surface area contributed by atoms with Gasteiger partial charge in [-0.3, -0.25) is 9.69 Å². The Kier molecular flexibility index (Phi) is 4.62. The molecule has 5 rings (SSSR count). The Morgan fingerprint density at radius 3 is 2.20 bits per heavy atom. The maximum atomic E-state index is 13.0. The van der Waals surface area contributed by atoms with E-state index in [1.807, 2.05) is 83.8 Å². The van der Waals surface area contributed by atoms with Crippen LogP contribution in [0.5, 0.6) is 0 Å². The van der Waals surface area contributed by atoms with E-state index in [1.54, 1.807) is 18.5 Å². The normalized spacial score (nSPS) is 14.0. The minimum absolute atomic E-state index is 0.290. The molecule has 1 aliphatic heterocycles. The van der Waals surface area contributed by atoms with E-state index in [0.29, 0.717) is 23.9 Å². The maximum absolute atomic E-state index is 13.0. The Morgan fingerprint density at radius 1 is 0.767 bits per heavy atom. The zero-order valence-corrected chi connectivity index (χ0v) is 16.1. The minimum Gasteiger partial charge on any atom is -0.290 e. The van der Waals surface area contributed by atoms with Crippen molar-refractivity contribution in [3.8, 4) is 11.1 Å². The number of aliphatic imine (C=N–C) groups is 1. The second-order valence-electron chi connectivity index (χ2n) is 6.98. The summed E-state index contributed by atoms with van der Waals surface area (Å²) in [6, 6.07) is 27.3. The number of benzene rings is 3. The number of anilines is 1. The average molecular weight is 390 g/mol. The van der Waals surface area contributed by atoms with Crippen LogP contribution in [0.3, 0.4) is 0 Å². The van der Waals surface area contributed by atoms with E-state index in [0.717, 1.165) is 22.3 Å². The average Bonchev–Trinajstić information content (AvgIpc) is 3.19. The molecule has 4 aromatic rings. The Bertz CT molecular complexity index is 1220. The van der Waals surface area contributed by atoms with E-state index >= 15 is 0 Å². The molecule has 2 heterocycles. The molecule has 1 amide bonds. The number of nitrogens with zero attached hydrogens (tertiary/aromatic N) is 4. The van der Waals surface area contributed by atoms with Gasteiger partial charge in [0.15, 0.2) is 0 Å². The van der Waals surface area contributed by atoms with Gasteiger partial charge >= 0.3 is 0 Å². The molecular formula is C25H18N4O. The standard InChI is InChI=1S/C25H18N4O/c30-24(20-13-11-19(12-14-20)18-7-2-1-3-8-18)28-23-22-10-5-4-9-21(22)17-29(23)25-26-15-6-16-27-25/h1-16H,17H2. The van der Waals surface area contributed by atoms with Crippen LogP contribution in [-0.2, 0) is 6.54 Å². The van der Waals surface area contributed by atoms with Gasteiger partial charge in [0.25, 0.3) is 5.91 Å². The van der Waals surface area contributed by atoms with Crippen LogP contribution in [0.1, 0.15) is 21.5 Å². The highest BCUT2D eigenvalue weighted by Crippen LogP contribution is 2.27. The molecular weight excluding hydrogens is 372 g/mol. The summed E-state index contributed by atoms with van der Waals surface area (Å²) in [5, 5.41) is 0. The summed E-state index contributed by atoms with van der Waals surface area (Å²) >= 11 is 0. The van der Waals surface area contributed by atoms with E-state index in [-0.39, 0.29) is 5.91 Å². The first kappa shape index (κ1) is 17.9. The number of carbonyl (C=O) groups is 1. The molecule has 0 unspecified atom stereocenters. The van der Waals surface area contributed by atoms with Crippen LogP contribution in [0.4, 0.5) is 5.95 Å². The van der Waals surface area contributed by atoms with Gasteiger partial charge in [0, 0.05) is 23.5 Å². The summed E-state index contributed by atoms with van der Waals surface area (Å²) in [6.07, 6.45) is 3.38. The molecule has 0 atom stereocenters. The second kappa shape index (κ2) is 7.72. The van der Waals surface area contributed by atoms with Crippen LogP contribution >= 0.6 is 0 Å². The van der Waals surface area contributed by atoms with Crippen LogP contribution in [0.15, 0.2) is 102 Å². The van der Waals surface area contributed by atoms with Crippen LogP contribution in [0, 0.1) is 0 Å². The van der Waals surface area contributed by atoms with Crippen LogP contribution in [0.25, 0.3) is 11.1 Å². The topological polar surface area (TPSA) is 58.5 Å². The molecule has 0 fully saturated rings. The number of carbonyl (C=O) groups excluding carboxylic acids is 1. The van der Waals surface area contributed by atoms with Crippen molar-refractivity contribution in [2.75, 3.05) is 4.90 Å². The van der Waals surface area contributed by atoms with Crippen LogP contribution in [-0.4, -0.2) is 21.7 Å². The van der Waals surface area contributed by atoms with Crippen molar-refractivity contribution in [3.05, 3.63) is 114 Å². The lowest BCUT2D eigenvalue weighted by atomic mass is 10.0. The van der Waals surface area contributed by atoms with Gasteiger partial charge in [0.2, 0.25) is 5.95 Å². The van der Waals surface area contributed by atoms with Gasteiger partial charge in [-0.05, 0) is 34.9 Å². The number of amides is 1. The predicted molar refractivity (Wildman–Crippen MR) is 117 cm³/mol. The van der Waals surface area contributed by atoms with Gasteiger partial charge in [-0.15, -0.1) is 0 Å². The van der Waals surface area contributed by atoms with Gasteiger partial charge in [-0.2, -0.15) is 4.99 Å². The third-order valence-corrected chi connectivity index (χ3v) is 5.08. The van der Waals surface area contributed by atoms with E-state index in [9.17, 15) is 4.79 Å². The van der Waals surface area contributed by atoms with Crippen molar-refractivity contribution in [3.63, 3.8) is 0 Å². The molecule has 5 nitrogen and oxygen atoms in total. The third-order valence-electron chi connectivity index (χ3n) is 5.08. The van der Waals surface area contributed by atoms with Crippen molar-refractivity contribution >= 4 is 17.7 Å². The lowest BCUT2D eigenvalue weighted by molar-refractivity contribution is 0.100. The first-order valence-electron chi connectivity index (χ1n) is 9.71. The van der Waals surface area contributed by atoms with Gasteiger partial charge in [-0.25, -0.2) is 9.97 Å². The fraction of sp³-hybridized carbons (Fsp3) is 0.0400. The highest BCUT2D eigenvalue weighted by molar-refractivity contribution is 6.18. The van der Waals surface area contributed by atoms with Gasteiger partial charge in [0.1, 0.15) is 5.84 Å². The number of amidine groups is 1. The summed E-state index contributed by atoms with van der Waals surface area (Å²) < 4.78 is 0. The van der Waals surface area contributed by atoms with E-state index in [4.69, 9.17) is 0 Å². The third kappa shape index (κ3) is 3.37. The fourth-order valence-corrected chi connectivity index (χ4v) is 3.58. The molecule has 5 heteroatoms. The van der Waals surface area contributed by atoms with Crippen LogP contribution in [0.2, 0.25) is 0 Å². The first-order valence-corrected chi connectivity index (χ1v) is 9.71. The molecule has 0 radical (unpaired) electrons. The maximum Gasteiger partial charge on any atom is 0.278 e. The summed E-state index contributed by atoms with van der Waals surface area (Å²) in [5.74, 6) is 0.816. The van der Waals surface area contributed by atoms with Gasteiger partial charge in [-0.1, -0.05) is 66.7 Å². The number of aromatic nitrogens is 2. The second-order valence-corrected chi connectivity index (χ2v) is 6.98. The molecule has 144 valence electrons. The minimum atomic E-state index is -0.290. The molecule has 0 saturated heterocycles. The Hall–Kier alpha value is -4.12. The molecule has 1 aromatic heterocycles. The zero-order chi connectivity index (χ0) is 20.3. The van der Waals surface area contributed by atoms with Crippen molar-refractivity contribution in [2.45, 2.75) is 6.54 Å². The van der Waals surface area contributed by atoms with Crippen molar-refractivity contribution in [1.29, 1.82) is 0 Å². The monoisotopic (exact) mass is 390 g/mol. The molecule has 1 aliphatic rings.